The van der Waals surface area contributed by atoms with Gasteiger partial charge < -0.3 is 10.1 Å². The van der Waals surface area contributed by atoms with E-state index in [1.165, 1.54) is 25.7 Å². The second kappa shape index (κ2) is 6.70. The van der Waals surface area contributed by atoms with E-state index in [0.29, 0.717) is 18.0 Å². The van der Waals surface area contributed by atoms with E-state index in [-0.39, 0.29) is 0 Å². The first-order valence-electron chi connectivity index (χ1n) is 5.94. The summed E-state index contributed by atoms with van der Waals surface area (Å²) < 4.78 is 4.95. The van der Waals surface area contributed by atoms with Gasteiger partial charge >= 0.3 is 0 Å². The summed E-state index contributed by atoms with van der Waals surface area (Å²) in [6.07, 6.45) is 5.20. The molecule has 0 aliphatic heterocycles. The summed E-state index contributed by atoms with van der Waals surface area (Å²) in [4.78, 5) is 4.48. The Morgan fingerprint density at radius 1 is 1.44 bits per heavy atom. The maximum absolute atomic E-state index is 5.40. The smallest absolute Gasteiger partial charge is 0.205 e. The molecule has 0 aromatic heterocycles. The molecule has 0 unspecified atom stereocenters. The maximum atomic E-state index is 5.40. The van der Waals surface area contributed by atoms with Crippen LogP contribution in [0.15, 0.2) is 4.99 Å². The van der Waals surface area contributed by atoms with Crippen molar-refractivity contribution in [2.75, 3.05) is 26.8 Å². The Balaban J connectivity index is 2.33. The Bertz CT molecular complexity index is 224. The Kier molecular flexibility index (Phi) is 5.55. The first-order valence-corrected chi connectivity index (χ1v) is 5.94. The highest BCUT2D eigenvalue weighted by Crippen LogP contribution is 2.37. The Labute approximate surface area is 97.8 Å². The number of methoxy groups -OCH3 is 1. The summed E-state index contributed by atoms with van der Waals surface area (Å²) in [5.41, 5.74) is 2.95. The van der Waals surface area contributed by atoms with Crippen molar-refractivity contribution < 1.29 is 4.74 Å². The Morgan fingerprint density at radius 3 is 2.69 bits per heavy atom. The van der Waals surface area contributed by atoms with Gasteiger partial charge in [0.2, 0.25) is 5.96 Å². The summed E-state index contributed by atoms with van der Waals surface area (Å²) in [5, 5.41) is 3.10. The number of hydrazine groups is 1. The number of rotatable bonds is 5. The van der Waals surface area contributed by atoms with Gasteiger partial charge in [0, 0.05) is 20.2 Å². The molecule has 1 aliphatic rings. The number of nitrogens with zero attached hydrogens (tertiary/aromatic N) is 1. The lowest BCUT2D eigenvalue weighted by atomic mass is 9.89. The van der Waals surface area contributed by atoms with Crippen molar-refractivity contribution in [2.24, 2.45) is 16.3 Å². The standard InChI is InChI=1S/C11H24N4O/c1-11(5-3-4-6-11)9-14-10(15-12)13-7-8-16-2/h3-9,12H2,1-2H3,(H2,13,14,15). The van der Waals surface area contributed by atoms with Crippen molar-refractivity contribution in [1.82, 2.24) is 10.7 Å². The van der Waals surface area contributed by atoms with Crippen molar-refractivity contribution in [2.45, 2.75) is 32.6 Å². The van der Waals surface area contributed by atoms with E-state index in [4.69, 9.17) is 10.6 Å². The van der Waals surface area contributed by atoms with Gasteiger partial charge in [-0.25, -0.2) is 5.84 Å². The van der Waals surface area contributed by atoms with Crippen LogP contribution in [0.5, 0.6) is 0 Å². The fraction of sp³-hybridized carbons (Fsp3) is 0.909. The molecule has 0 radical (unpaired) electrons. The third kappa shape index (κ3) is 4.37. The molecule has 1 fully saturated rings. The molecule has 4 N–H and O–H groups in total. The SMILES string of the molecule is COCCNC(=NCC1(C)CCCC1)NN. The third-order valence-corrected chi connectivity index (χ3v) is 3.16. The van der Waals surface area contributed by atoms with Gasteiger partial charge in [0.1, 0.15) is 0 Å². The molecule has 0 amide bonds. The summed E-state index contributed by atoms with van der Waals surface area (Å²) in [5.74, 6) is 6.06. The minimum atomic E-state index is 0.366. The second-order valence-electron chi connectivity index (χ2n) is 4.75. The van der Waals surface area contributed by atoms with Gasteiger partial charge in [-0.1, -0.05) is 19.8 Å². The minimum absolute atomic E-state index is 0.366. The van der Waals surface area contributed by atoms with Crippen LogP contribution in [-0.2, 0) is 4.74 Å². The number of aliphatic imine (C=N–C) groups is 1. The van der Waals surface area contributed by atoms with Crippen LogP contribution in [0.25, 0.3) is 0 Å². The van der Waals surface area contributed by atoms with E-state index in [9.17, 15) is 0 Å². The van der Waals surface area contributed by atoms with E-state index in [1.54, 1.807) is 7.11 Å². The average molecular weight is 228 g/mol. The minimum Gasteiger partial charge on any atom is -0.383 e. The molecule has 1 aliphatic carbocycles. The number of ether oxygens (including phenoxy) is 1. The number of nitrogens with two attached hydrogens (primary N) is 1. The van der Waals surface area contributed by atoms with E-state index in [1.807, 2.05) is 0 Å². The van der Waals surface area contributed by atoms with Gasteiger partial charge in [0.15, 0.2) is 0 Å². The molecule has 1 rings (SSSR count). The number of hydrogen-bond acceptors (Lipinski definition) is 3. The quantitative estimate of drug-likeness (QED) is 0.212. The summed E-state index contributed by atoms with van der Waals surface area (Å²) in [6.45, 7) is 4.51. The Hall–Kier alpha value is -0.810. The van der Waals surface area contributed by atoms with Gasteiger partial charge in [-0.2, -0.15) is 0 Å². The van der Waals surface area contributed by atoms with Crippen molar-refractivity contribution in [3.05, 3.63) is 0 Å². The van der Waals surface area contributed by atoms with Crippen molar-refractivity contribution >= 4 is 5.96 Å². The molecule has 1 saturated carbocycles. The molecule has 0 atom stereocenters. The van der Waals surface area contributed by atoms with Gasteiger partial charge in [0.05, 0.1) is 6.61 Å². The summed E-state index contributed by atoms with van der Waals surface area (Å²) in [7, 11) is 1.67. The Morgan fingerprint density at radius 2 is 2.12 bits per heavy atom. The molecule has 94 valence electrons. The topological polar surface area (TPSA) is 71.7 Å². The zero-order valence-electron chi connectivity index (χ0n) is 10.4. The molecule has 0 bridgehead atoms. The second-order valence-corrected chi connectivity index (χ2v) is 4.75. The highest BCUT2D eigenvalue weighted by atomic mass is 16.5. The van der Waals surface area contributed by atoms with E-state index >= 15 is 0 Å². The van der Waals surface area contributed by atoms with Crippen LogP contribution in [0.4, 0.5) is 0 Å². The zero-order valence-corrected chi connectivity index (χ0v) is 10.4. The number of hydrogen-bond donors (Lipinski definition) is 3. The lowest BCUT2D eigenvalue weighted by Crippen LogP contribution is -2.43. The van der Waals surface area contributed by atoms with Crippen molar-refractivity contribution in [3.63, 3.8) is 0 Å². The van der Waals surface area contributed by atoms with Crippen LogP contribution in [0.2, 0.25) is 0 Å². The lowest BCUT2D eigenvalue weighted by molar-refractivity contribution is 0.203. The van der Waals surface area contributed by atoms with Gasteiger partial charge in [-0.05, 0) is 18.3 Å². The van der Waals surface area contributed by atoms with Crippen molar-refractivity contribution in [1.29, 1.82) is 0 Å². The van der Waals surface area contributed by atoms with Crippen LogP contribution in [0.3, 0.4) is 0 Å². The zero-order chi connectivity index (χ0) is 11.9. The normalized spacial score (nSPS) is 19.8. The summed E-state index contributed by atoms with van der Waals surface area (Å²) in [6, 6.07) is 0. The number of nitrogens with one attached hydrogen (secondary N) is 2. The predicted molar refractivity (Wildman–Crippen MR) is 66.1 cm³/mol. The maximum Gasteiger partial charge on any atom is 0.205 e. The molecule has 5 nitrogen and oxygen atoms in total. The molecule has 0 saturated heterocycles. The average Bonchev–Trinajstić information content (AvgIpc) is 2.71. The molecule has 16 heavy (non-hydrogen) atoms. The monoisotopic (exact) mass is 228 g/mol. The first kappa shape index (κ1) is 13.3. The summed E-state index contributed by atoms with van der Waals surface area (Å²) >= 11 is 0. The highest BCUT2D eigenvalue weighted by molar-refractivity contribution is 5.79. The van der Waals surface area contributed by atoms with Crippen molar-refractivity contribution in [3.8, 4) is 0 Å². The molecule has 5 heteroatoms. The fourth-order valence-corrected chi connectivity index (χ4v) is 2.08. The molecular weight excluding hydrogens is 204 g/mol. The van der Waals surface area contributed by atoms with Gasteiger partial charge in [0.25, 0.3) is 0 Å². The van der Waals surface area contributed by atoms with Gasteiger partial charge in [-0.15, -0.1) is 0 Å². The third-order valence-electron chi connectivity index (χ3n) is 3.16. The largest absolute Gasteiger partial charge is 0.383 e. The first-order chi connectivity index (χ1) is 7.70. The molecule has 0 spiro atoms. The van der Waals surface area contributed by atoms with Crippen LogP contribution in [0.1, 0.15) is 32.6 Å². The van der Waals surface area contributed by atoms with E-state index < -0.39 is 0 Å². The fourth-order valence-electron chi connectivity index (χ4n) is 2.08. The van der Waals surface area contributed by atoms with Gasteiger partial charge in [-0.3, -0.25) is 10.4 Å². The lowest BCUT2D eigenvalue weighted by Gasteiger charge is -2.21. The molecular formula is C11H24N4O. The molecule has 0 aromatic carbocycles. The van der Waals surface area contributed by atoms with Crippen LogP contribution < -0.4 is 16.6 Å². The van der Waals surface area contributed by atoms with Crippen LogP contribution in [0, 0.1) is 5.41 Å². The van der Waals surface area contributed by atoms with E-state index in [0.717, 1.165) is 13.1 Å². The predicted octanol–water partition coefficient (Wildman–Crippen LogP) is 0.622. The van der Waals surface area contributed by atoms with Crippen LogP contribution >= 0.6 is 0 Å². The number of guanidine groups is 1. The van der Waals surface area contributed by atoms with E-state index in [2.05, 4.69) is 22.7 Å². The highest BCUT2D eigenvalue weighted by Gasteiger charge is 2.28. The molecule has 0 heterocycles. The van der Waals surface area contributed by atoms with Crippen LogP contribution in [-0.4, -0.2) is 32.8 Å². The molecule has 0 aromatic rings.